The Balaban J connectivity index is 3.15. The second kappa shape index (κ2) is 26.7. The molecule has 0 saturated carbocycles. The zero-order valence-corrected chi connectivity index (χ0v) is 22.6. The van der Waals surface area contributed by atoms with Crippen LogP contribution in [-0.2, 0) is 9.53 Å². The van der Waals surface area contributed by atoms with Crippen LogP contribution in [0.1, 0.15) is 175 Å². The van der Waals surface area contributed by atoms with Gasteiger partial charge in [-0.25, -0.2) is 0 Å². The molecule has 32 heavy (non-hydrogen) atoms. The van der Waals surface area contributed by atoms with Crippen molar-refractivity contribution < 1.29 is 9.53 Å². The van der Waals surface area contributed by atoms with Crippen LogP contribution in [0.5, 0.6) is 0 Å². The lowest BCUT2D eigenvalue weighted by Crippen LogP contribution is -2.05. The van der Waals surface area contributed by atoms with Gasteiger partial charge in [0.2, 0.25) is 0 Å². The Labute approximate surface area is 203 Å². The van der Waals surface area contributed by atoms with Crippen LogP contribution in [0.2, 0.25) is 0 Å². The SMILES string of the molecule is CCCCCCCCCCCC(=O)OCCCCCCCCCCCCCCC(C)CC. The molecule has 192 valence electrons. The Kier molecular flexibility index (Phi) is 26.3. The Morgan fingerprint density at radius 1 is 0.562 bits per heavy atom. The lowest BCUT2D eigenvalue weighted by atomic mass is 9.99. The van der Waals surface area contributed by atoms with E-state index in [1.807, 2.05) is 0 Å². The Morgan fingerprint density at radius 2 is 0.969 bits per heavy atom. The summed E-state index contributed by atoms with van der Waals surface area (Å²) in [4.78, 5) is 11.8. The van der Waals surface area contributed by atoms with Crippen LogP contribution in [0, 0.1) is 5.92 Å². The van der Waals surface area contributed by atoms with Gasteiger partial charge >= 0.3 is 5.97 Å². The van der Waals surface area contributed by atoms with Gasteiger partial charge in [-0.1, -0.05) is 156 Å². The van der Waals surface area contributed by atoms with E-state index in [9.17, 15) is 4.79 Å². The molecule has 0 amide bonds. The number of carbonyl (C=O) groups excluding carboxylic acids is 1. The minimum atomic E-state index is 0.0211. The van der Waals surface area contributed by atoms with Crippen molar-refractivity contribution in [3.05, 3.63) is 0 Å². The van der Waals surface area contributed by atoms with E-state index in [2.05, 4.69) is 20.8 Å². The van der Waals surface area contributed by atoms with Crippen LogP contribution in [-0.4, -0.2) is 12.6 Å². The van der Waals surface area contributed by atoms with Crippen molar-refractivity contribution in [3.63, 3.8) is 0 Å². The van der Waals surface area contributed by atoms with E-state index in [4.69, 9.17) is 4.74 Å². The molecule has 0 aromatic rings. The largest absolute Gasteiger partial charge is 0.466 e. The quantitative estimate of drug-likeness (QED) is 0.0963. The molecule has 0 bridgehead atoms. The molecule has 0 radical (unpaired) electrons. The molecule has 0 spiro atoms. The number of ether oxygens (including phenoxy) is 1. The third kappa shape index (κ3) is 25.7. The highest BCUT2D eigenvalue weighted by molar-refractivity contribution is 5.69. The van der Waals surface area contributed by atoms with Crippen LogP contribution in [0.15, 0.2) is 0 Å². The Bertz CT molecular complexity index is 366. The summed E-state index contributed by atoms with van der Waals surface area (Å²) < 4.78 is 5.39. The maximum absolute atomic E-state index is 11.8. The molecule has 0 rings (SSSR count). The second-order valence-corrected chi connectivity index (χ2v) is 10.3. The molecule has 2 heteroatoms. The molecule has 0 N–H and O–H groups in total. The predicted octanol–water partition coefficient (Wildman–Crippen LogP) is 10.6. The van der Waals surface area contributed by atoms with E-state index in [-0.39, 0.29) is 5.97 Å². The monoisotopic (exact) mass is 452 g/mol. The van der Waals surface area contributed by atoms with E-state index in [1.165, 1.54) is 135 Å². The summed E-state index contributed by atoms with van der Waals surface area (Å²) in [6.45, 7) is 7.58. The van der Waals surface area contributed by atoms with Crippen LogP contribution >= 0.6 is 0 Å². The topological polar surface area (TPSA) is 26.3 Å². The van der Waals surface area contributed by atoms with Gasteiger partial charge in [0.1, 0.15) is 0 Å². The van der Waals surface area contributed by atoms with Crippen molar-refractivity contribution >= 4 is 5.97 Å². The predicted molar refractivity (Wildman–Crippen MR) is 142 cm³/mol. The minimum Gasteiger partial charge on any atom is -0.466 e. The molecule has 0 aromatic heterocycles. The second-order valence-electron chi connectivity index (χ2n) is 10.3. The number of esters is 1. The third-order valence-electron chi connectivity index (χ3n) is 7.04. The summed E-state index contributed by atoms with van der Waals surface area (Å²) in [5.41, 5.74) is 0. The Morgan fingerprint density at radius 3 is 1.44 bits per heavy atom. The fourth-order valence-corrected chi connectivity index (χ4v) is 4.40. The summed E-state index contributed by atoms with van der Waals surface area (Å²) >= 11 is 0. The average Bonchev–Trinajstić information content (AvgIpc) is 2.80. The van der Waals surface area contributed by atoms with E-state index in [1.54, 1.807) is 0 Å². The number of unbranched alkanes of at least 4 members (excludes halogenated alkanes) is 19. The van der Waals surface area contributed by atoms with Crippen LogP contribution < -0.4 is 0 Å². The first-order chi connectivity index (χ1) is 15.7. The highest BCUT2D eigenvalue weighted by Gasteiger charge is 2.03. The zero-order valence-electron chi connectivity index (χ0n) is 22.6. The summed E-state index contributed by atoms with van der Waals surface area (Å²) in [6.07, 6.45) is 31.3. The highest BCUT2D eigenvalue weighted by Crippen LogP contribution is 2.16. The van der Waals surface area contributed by atoms with E-state index >= 15 is 0 Å². The molecule has 0 aliphatic rings. The first-order valence-corrected chi connectivity index (χ1v) is 14.9. The molecule has 2 nitrogen and oxygen atoms in total. The first-order valence-electron chi connectivity index (χ1n) is 14.9. The third-order valence-corrected chi connectivity index (χ3v) is 7.04. The summed E-state index contributed by atoms with van der Waals surface area (Å²) in [5, 5.41) is 0. The summed E-state index contributed by atoms with van der Waals surface area (Å²) in [7, 11) is 0. The van der Waals surface area contributed by atoms with Gasteiger partial charge in [-0.05, 0) is 18.8 Å². The standard InChI is InChI=1S/C30H60O2/c1-4-6-7-8-9-14-18-21-24-27-30(31)32-28-25-22-19-16-13-11-10-12-15-17-20-23-26-29(3)5-2/h29H,4-28H2,1-3H3. The highest BCUT2D eigenvalue weighted by atomic mass is 16.5. The van der Waals surface area contributed by atoms with Gasteiger partial charge in [0.15, 0.2) is 0 Å². The number of rotatable bonds is 26. The van der Waals surface area contributed by atoms with E-state index < -0.39 is 0 Å². The zero-order chi connectivity index (χ0) is 23.5. The Hall–Kier alpha value is -0.530. The number of hydrogen-bond acceptors (Lipinski definition) is 2. The van der Waals surface area contributed by atoms with Crippen LogP contribution in [0.3, 0.4) is 0 Å². The van der Waals surface area contributed by atoms with Gasteiger partial charge in [0.25, 0.3) is 0 Å². The van der Waals surface area contributed by atoms with Crippen molar-refractivity contribution in [2.45, 2.75) is 175 Å². The normalized spacial score (nSPS) is 12.2. The first kappa shape index (κ1) is 31.5. The molecule has 0 heterocycles. The molecule has 0 aliphatic heterocycles. The van der Waals surface area contributed by atoms with Crippen molar-refractivity contribution in [2.75, 3.05) is 6.61 Å². The van der Waals surface area contributed by atoms with Gasteiger partial charge in [-0.3, -0.25) is 4.79 Å². The molecule has 0 aliphatic carbocycles. The van der Waals surface area contributed by atoms with Crippen molar-refractivity contribution in [2.24, 2.45) is 5.92 Å². The molecule has 0 aromatic carbocycles. The maximum atomic E-state index is 11.8. The van der Waals surface area contributed by atoms with Gasteiger partial charge in [-0.15, -0.1) is 0 Å². The maximum Gasteiger partial charge on any atom is 0.305 e. The van der Waals surface area contributed by atoms with Gasteiger partial charge in [0.05, 0.1) is 6.61 Å². The lowest BCUT2D eigenvalue weighted by Gasteiger charge is -2.07. The molecular formula is C30H60O2. The van der Waals surface area contributed by atoms with Crippen molar-refractivity contribution in [1.29, 1.82) is 0 Å². The number of hydrogen-bond donors (Lipinski definition) is 0. The van der Waals surface area contributed by atoms with Crippen molar-refractivity contribution in [1.82, 2.24) is 0 Å². The lowest BCUT2D eigenvalue weighted by molar-refractivity contribution is -0.143. The summed E-state index contributed by atoms with van der Waals surface area (Å²) in [6, 6.07) is 0. The fourth-order valence-electron chi connectivity index (χ4n) is 4.40. The number of carbonyl (C=O) groups is 1. The smallest absolute Gasteiger partial charge is 0.305 e. The molecular weight excluding hydrogens is 392 g/mol. The minimum absolute atomic E-state index is 0.0211. The molecule has 1 unspecified atom stereocenters. The van der Waals surface area contributed by atoms with Crippen LogP contribution in [0.4, 0.5) is 0 Å². The van der Waals surface area contributed by atoms with Crippen molar-refractivity contribution in [3.8, 4) is 0 Å². The van der Waals surface area contributed by atoms with E-state index in [0.717, 1.165) is 18.8 Å². The van der Waals surface area contributed by atoms with Gasteiger partial charge in [-0.2, -0.15) is 0 Å². The van der Waals surface area contributed by atoms with Gasteiger partial charge in [0, 0.05) is 6.42 Å². The molecule has 0 saturated heterocycles. The van der Waals surface area contributed by atoms with Gasteiger partial charge < -0.3 is 4.74 Å². The summed E-state index contributed by atoms with van der Waals surface area (Å²) in [5.74, 6) is 0.944. The molecule has 1 atom stereocenters. The molecule has 0 fully saturated rings. The fraction of sp³-hybridized carbons (Fsp3) is 0.967. The van der Waals surface area contributed by atoms with Crippen LogP contribution in [0.25, 0.3) is 0 Å². The average molecular weight is 453 g/mol. The van der Waals surface area contributed by atoms with E-state index in [0.29, 0.717) is 13.0 Å².